The maximum absolute atomic E-state index is 5.77. The van der Waals surface area contributed by atoms with Gasteiger partial charge < -0.3 is 20.1 Å². The predicted octanol–water partition coefficient (Wildman–Crippen LogP) is 3.01. The third kappa shape index (κ3) is 7.15. The molecule has 2 fully saturated rings. The maximum Gasteiger partial charge on any atom is 0.191 e. The highest BCUT2D eigenvalue weighted by Crippen LogP contribution is 2.48. The van der Waals surface area contributed by atoms with Crippen LogP contribution in [0.15, 0.2) is 35.3 Å². The maximum atomic E-state index is 5.77. The Hall–Kier alpha value is -1.59. The Balaban J connectivity index is 1.35. The zero-order chi connectivity index (χ0) is 18.8. The monoisotopic (exact) mass is 373 g/mol. The SMILES string of the molecule is CCNC(=NCC1(Cc2ccccc2)CC1)NCCCOCC1CCOC1. The van der Waals surface area contributed by atoms with E-state index in [1.54, 1.807) is 0 Å². The lowest BCUT2D eigenvalue weighted by atomic mass is 9.97. The Bertz CT molecular complexity index is 566. The minimum absolute atomic E-state index is 0.371. The highest BCUT2D eigenvalue weighted by molar-refractivity contribution is 5.79. The van der Waals surface area contributed by atoms with E-state index in [1.165, 1.54) is 18.4 Å². The van der Waals surface area contributed by atoms with Crippen molar-refractivity contribution in [2.75, 3.05) is 46.1 Å². The molecule has 1 unspecified atom stereocenters. The standard InChI is InChI=1S/C22H35N3O2/c1-2-23-21(24-12-6-13-26-16-20-9-14-27-17-20)25-18-22(10-11-22)15-19-7-4-3-5-8-19/h3-5,7-8,20H,2,6,9-18H2,1H3,(H2,23,24,25). The van der Waals surface area contributed by atoms with Gasteiger partial charge in [0.2, 0.25) is 0 Å². The largest absolute Gasteiger partial charge is 0.381 e. The Kier molecular flexibility index (Phi) is 7.96. The van der Waals surface area contributed by atoms with E-state index < -0.39 is 0 Å². The van der Waals surface area contributed by atoms with Gasteiger partial charge in [0.25, 0.3) is 0 Å². The van der Waals surface area contributed by atoms with Crippen molar-refractivity contribution in [1.29, 1.82) is 0 Å². The van der Waals surface area contributed by atoms with Gasteiger partial charge in [0.1, 0.15) is 0 Å². The van der Waals surface area contributed by atoms with Crippen LogP contribution in [-0.2, 0) is 15.9 Å². The van der Waals surface area contributed by atoms with Crippen molar-refractivity contribution in [3.8, 4) is 0 Å². The van der Waals surface area contributed by atoms with Crippen LogP contribution in [0.3, 0.4) is 0 Å². The molecule has 1 heterocycles. The first-order valence-electron chi connectivity index (χ1n) is 10.5. The molecule has 1 aromatic rings. The minimum atomic E-state index is 0.371. The summed E-state index contributed by atoms with van der Waals surface area (Å²) in [7, 11) is 0. The first kappa shape index (κ1) is 20.2. The van der Waals surface area contributed by atoms with Gasteiger partial charge in [0.05, 0.1) is 13.2 Å². The van der Waals surface area contributed by atoms with Crippen molar-refractivity contribution in [2.24, 2.45) is 16.3 Å². The first-order chi connectivity index (χ1) is 13.3. The third-order valence-electron chi connectivity index (χ3n) is 5.43. The smallest absolute Gasteiger partial charge is 0.191 e. The second-order valence-corrected chi connectivity index (χ2v) is 7.94. The van der Waals surface area contributed by atoms with Crippen LogP contribution in [0, 0.1) is 11.3 Å². The molecule has 5 heteroatoms. The fraction of sp³-hybridized carbons (Fsp3) is 0.682. The van der Waals surface area contributed by atoms with Crippen molar-refractivity contribution in [3.05, 3.63) is 35.9 Å². The van der Waals surface area contributed by atoms with Crippen molar-refractivity contribution < 1.29 is 9.47 Å². The molecule has 0 bridgehead atoms. The van der Waals surface area contributed by atoms with Gasteiger partial charge in [-0.05, 0) is 50.0 Å². The molecular formula is C22H35N3O2. The lowest BCUT2D eigenvalue weighted by molar-refractivity contribution is 0.0888. The molecule has 2 aliphatic rings. The molecule has 1 aliphatic carbocycles. The summed E-state index contributed by atoms with van der Waals surface area (Å²) in [5, 5.41) is 6.81. The Labute approximate surface area is 163 Å². The summed E-state index contributed by atoms with van der Waals surface area (Å²) in [6, 6.07) is 10.8. The van der Waals surface area contributed by atoms with Crippen molar-refractivity contribution in [2.45, 2.75) is 39.0 Å². The van der Waals surface area contributed by atoms with E-state index in [9.17, 15) is 0 Å². The van der Waals surface area contributed by atoms with Gasteiger partial charge in [-0.2, -0.15) is 0 Å². The molecule has 150 valence electrons. The first-order valence-corrected chi connectivity index (χ1v) is 10.5. The normalized spacial score (nSPS) is 21.2. The highest BCUT2D eigenvalue weighted by Gasteiger charge is 2.42. The van der Waals surface area contributed by atoms with Crippen LogP contribution >= 0.6 is 0 Å². The molecular weight excluding hydrogens is 338 g/mol. The fourth-order valence-electron chi connectivity index (χ4n) is 3.53. The zero-order valence-electron chi connectivity index (χ0n) is 16.7. The van der Waals surface area contributed by atoms with E-state index in [1.807, 2.05) is 0 Å². The molecule has 2 N–H and O–H groups in total. The number of benzene rings is 1. The van der Waals surface area contributed by atoms with E-state index in [0.717, 1.165) is 71.3 Å². The van der Waals surface area contributed by atoms with Crippen LogP contribution < -0.4 is 10.6 Å². The van der Waals surface area contributed by atoms with Gasteiger partial charge in [-0.25, -0.2) is 0 Å². The average molecular weight is 374 g/mol. The van der Waals surface area contributed by atoms with Gasteiger partial charge in [-0.1, -0.05) is 30.3 Å². The number of nitrogens with one attached hydrogen (secondary N) is 2. The fourth-order valence-corrected chi connectivity index (χ4v) is 3.53. The number of aliphatic imine (C=N–C) groups is 1. The summed E-state index contributed by atoms with van der Waals surface area (Å²) >= 11 is 0. The predicted molar refractivity (Wildman–Crippen MR) is 110 cm³/mol. The Morgan fingerprint density at radius 2 is 2.11 bits per heavy atom. The van der Waals surface area contributed by atoms with Gasteiger partial charge in [0.15, 0.2) is 5.96 Å². The summed E-state index contributed by atoms with van der Waals surface area (Å²) in [5.41, 5.74) is 1.80. The summed E-state index contributed by atoms with van der Waals surface area (Å²) in [6.45, 7) is 8.16. The average Bonchev–Trinajstić information content (AvgIpc) is 3.24. The van der Waals surface area contributed by atoms with Gasteiger partial charge in [-0.3, -0.25) is 4.99 Å². The van der Waals surface area contributed by atoms with Crippen LogP contribution in [-0.4, -0.2) is 52.0 Å². The molecule has 3 rings (SSSR count). The number of nitrogens with zero attached hydrogens (tertiary/aromatic N) is 1. The molecule has 0 amide bonds. The summed E-state index contributed by atoms with van der Waals surface area (Å²) in [5.74, 6) is 1.53. The summed E-state index contributed by atoms with van der Waals surface area (Å²) in [6.07, 6.45) is 5.83. The number of hydrogen-bond acceptors (Lipinski definition) is 3. The lowest BCUT2D eigenvalue weighted by Gasteiger charge is -2.16. The molecule has 1 aliphatic heterocycles. The van der Waals surface area contributed by atoms with Crippen molar-refractivity contribution in [1.82, 2.24) is 10.6 Å². The Morgan fingerprint density at radius 1 is 1.26 bits per heavy atom. The van der Waals surface area contributed by atoms with Gasteiger partial charge in [-0.15, -0.1) is 0 Å². The molecule has 1 saturated heterocycles. The molecule has 0 aromatic heterocycles. The van der Waals surface area contributed by atoms with E-state index in [-0.39, 0.29) is 0 Å². The van der Waals surface area contributed by atoms with E-state index in [2.05, 4.69) is 47.9 Å². The molecule has 0 spiro atoms. The van der Waals surface area contributed by atoms with E-state index in [0.29, 0.717) is 11.3 Å². The highest BCUT2D eigenvalue weighted by atomic mass is 16.5. The third-order valence-corrected chi connectivity index (χ3v) is 5.43. The molecule has 5 nitrogen and oxygen atoms in total. The summed E-state index contributed by atoms with van der Waals surface area (Å²) < 4.78 is 11.1. The number of ether oxygens (including phenoxy) is 2. The molecule has 1 atom stereocenters. The van der Waals surface area contributed by atoms with Crippen LogP contribution in [0.5, 0.6) is 0 Å². The van der Waals surface area contributed by atoms with Crippen LogP contribution in [0.1, 0.15) is 38.2 Å². The lowest BCUT2D eigenvalue weighted by Crippen LogP contribution is -2.38. The number of guanidine groups is 1. The van der Waals surface area contributed by atoms with E-state index >= 15 is 0 Å². The number of rotatable bonds is 11. The van der Waals surface area contributed by atoms with Crippen LogP contribution in [0.4, 0.5) is 0 Å². The second-order valence-electron chi connectivity index (χ2n) is 7.94. The van der Waals surface area contributed by atoms with Crippen molar-refractivity contribution >= 4 is 5.96 Å². The van der Waals surface area contributed by atoms with Crippen LogP contribution in [0.2, 0.25) is 0 Å². The molecule has 0 radical (unpaired) electrons. The van der Waals surface area contributed by atoms with Gasteiger partial charge >= 0.3 is 0 Å². The van der Waals surface area contributed by atoms with Crippen LogP contribution in [0.25, 0.3) is 0 Å². The second kappa shape index (κ2) is 10.7. The van der Waals surface area contributed by atoms with Gasteiger partial charge in [0, 0.05) is 38.8 Å². The summed E-state index contributed by atoms with van der Waals surface area (Å²) in [4.78, 5) is 4.86. The Morgan fingerprint density at radius 3 is 2.81 bits per heavy atom. The zero-order valence-corrected chi connectivity index (χ0v) is 16.7. The van der Waals surface area contributed by atoms with E-state index in [4.69, 9.17) is 14.5 Å². The topological polar surface area (TPSA) is 54.9 Å². The minimum Gasteiger partial charge on any atom is -0.381 e. The molecule has 1 saturated carbocycles. The number of hydrogen-bond donors (Lipinski definition) is 2. The quantitative estimate of drug-likeness (QED) is 0.356. The molecule has 27 heavy (non-hydrogen) atoms. The van der Waals surface area contributed by atoms with Crippen molar-refractivity contribution in [3.63, 3.8) is 0 Å². The molecule has 1 aromatic carbocycles.